The molecule has 1 aliphatic rings. The lowest BCUT2D eigenvalue weighted by molar-refractivity contribution is -0.132. The SMILES string of the molecule is CCCCSc1nnc2c(n1)OC(c1cc(OC)ccc1OC(C)=O)N(C(C)=O)c1ccccc1-2. The summed E-state index contributed by atoms with van der Waals surface area (Å²) >= 11 is 1.49. The van der Waals surface area contributed by atoms with Gasteiger partial charge in [-0.15, -0.1) is 10.2 Å². The van der Waals surface area contributed by atoms with Gasteiger partial charge in [0.15, 0.2) is 5.69 Å². The van der Waals surface area contributed by atoms with Crippen molar-refractivity contribution in [3.8, 4) is 28.6 Å². The molecule has 182 valence electrons. The molecule has 0 bridgehead atoms. The van der Waals surface area contributed by atoms with Crippen LogP contribution in [0.5, 0.6) is 17.4 Å². The lowest BCUT2D eigenvalue weighted by Gasteiger charge is -2.30. The van der Waals surface area contributed by atoms with Crippen LogP contribution in [0.4, 0.5) is 5.69 Å². The Balaban J connectivity index is 1.91. The third-order valence-electron chi connectivity index (χ3n) is 5.32. The van der Waals surface area contributed by atoms with E-state index in [9.17, 15) is 9.59 Å². The van der Waals surface area contributed by atoms with Crippen molar-refractivity contribution >= 4 is 29.3 Å². The highest BCUT2D eigenvalue weighted by Crippen LogP contribution is 2.45. The Morgan fingerprint density at radius 2 is 1.94 bits per heavy atom. The molecule has 1 amide bonds. The zero-order valence-electron chi connectivity index (χ0n) is 20.0. The van der Waals surface area contributed by atoms with Crippen LogP contribution in [0.2, 0.25) is 0 Å². The van der Waals surface area contributed by atoms with Crippen LogP contribution in [-0.4, -0.2) is 39.9 Å². The molecule has 9 nitrogen and oxygen atoms in total. The molecule has 0 saturated heterocycles. The molecule has 1 atom stereocenters. The molecular formula is C25H26N4O5S. The second-order valence-electron chi connectivity index (χ2n) is 7.82. The van der Waals surface area contributed by atoms with Crippen LogP contribution in [0.25, 0.3) is 11.3 Å². The molecule has 0 fully saturated rings. The van der Waals surface area contributed by atoms with Crippen molar-refractivity contribution < 1.29 is 23.8 Å². The van der Waals surface area contributed by atoms with E-state index in [2.05, 4.69) is 22.1 Å². The molecule has 35 heavy (non-hydrogen) atoms. The van der Waals surface area contributed by atoms with Crippen molar-refractivity contribution in [1.82, 2.24) is 15.2 Å². The van der Waals surface area contributed by atoms with Crippen LogP contribution in [0.3, 0.4) is 0 Å². The summed E-state index contributed by atoms with van der Waals surface area (Å²) in [5.41, 5.74) is 2.08. The van der Waals surface area contributed by atoms with Gasteiger partial charge in [0, 0.05) is 25.2 Å². The van der Waals surface area contributed by atoms with E-state index in [1.165, 1.54) is 37.6 Å². The molecule has 0 aliphatic carbocycles. The molecule has 10 heteroatoms. The molecule has 1 aliphatic heterocycles. The number of unbranched alkanes of at least 4 members (excludes halogenated alkanes) is 1. The average Bonchev–Trinajstić information content (AvgIpc) is 2.98. The number of amides is 1. The van der Waals surface area contributed by atoms with Gasteiger partial charge >= 0.3 is 5.97 Å². The van der Waals surface area contributed by atoms with E-state index in [0.29, 0.717) is 33.4 Å². The van der Waals surface area contributed by atoms with E-state index in [-0.39, 0.29) is 17.5 Å². The fourth-order valence-electron chi connectivity index (χ4n) is 3.72. The van der Waals surface area contributed by atoms with Gasteiger partial charge in [0.2, 0.25) is 23.2 Å². The first-order valence-corrected chi connectivity index (χ1v) is 12.2. The van der Waals surface area contributed by atoms with Crippen LogP contribution in [-0.2, 0) is 9.59 Å². The molecule has 2 heterocycles. The number of thioether (sulfide) groups is 1. The summed E-state index contributed by atoms with van der Waals surface area (Å²) in [6, 6.07) is 12.3. The Kier molecular flexibility index (Phi) is 7.50. The maximum Gasteiger partial charge on any atom is 0.308 e. The topological polar surface area (TPSA) is 104 Å². The van der Waals surface area contributed by atoms with Crippen LogP contribution >= 0.6 is 11.8 Å². The molecular weight excluding hydrogens is 468 g/mol. The zero-order valence-corrected chi connectivity index (χ0v) is 20.8. The monoisotopic (exact) mass is 494 g/mol. The predicted octanol–water partition coefficient (Wildman–Crippen LogP) is 4.81. The third kappa shape index (κ3) is 5.22. The van der Waals surface area contributed by atoms with Gasteiger partial charge < -0.3 is 14.2 Å². The second kappa shape index (κ2) is 10.7. The van der Waals surface area contributed by atoms with E-state index in [1.807, 2.05) is 18.2 Å². The number of methoxy groups -OCH3 is 1. The number of hydrogen-bond acceptors (Lipinski definition) is 9. The number of benzene rings is 2. The molecule has 0 spiro atoms. The number of rotatable bonds is 7. The van der Waals surface area contributed by atoms with Gasteiger partial charge in [0.05, 0.1) is 18.4 Å². The van der Waals surface area contributed by atoms with E-state index < -0.39 is 12.2 Å². The van der Waals surface area contributed by atoms with Crippen LogP contribution in [0, 0.1) is 0 Å². The van der Waals surface area contributed by atoms with Gasteiger partial charge in [-0.05, 0) is 30.7 Å². The van der Waals surface area contributed by atoms with E-state index in [4.69, 9.17) is 14.2 Å². The molecule has 0 N–H and O–H groups in total. The number of para-hydroxylation sites is 1. The normalized spacial score (nSPS) is 14.3. The first kappa shape index (κ1) is 24.5. The number of aromatic nitrogens is 3. The summed E-state index contributed by atoms with van der Waals surface area (Å²) < 4.78 is 17.3. The minimum atomic E-state index is -1.01. The Bertz CT molecular complexity index is 1250. The van der Waals surface area contributed by atoms with Gasteiger partial charge in [0.25, 0.3) is 0 Å². The number of nitrogens with zero attached hydrogens (tertiary/aromatic N) is 4. The summed E-state index contributed by atoms with van der Waals surface area (Å²) in [4.78, 5) is 31.0. The Labute approximate surface area is 207 Å². The number of carbonyl (C=O) groups excluding carboxylic acids is 2. The van der Waals surface area contributed by atoms with Crippen LogP contribution in [0.15, 0.2) is 47.6 Å². The van der Waals surface area contributed by atoms with Crippen molar-refractivity contribution in [1.29, 1.82) is 0 Å². The maximum absolute atomic E-state index is 13.0. The highest BCUT2D eigenvalue weighted by molar-refractivity contribution is 7.99. The van der Waals surface area contributed by atoms with Gasteiger partial charge in [-0.2, -0.15) is 4.98 Å². The largest absolute Gasteiger partial charge is 0.497 e. The van der Waals surface area contributed by atoms with Gasteiger partial charge in [0.1, 0.15) is 11.5 Å². The van der Waals surface area contributed by atoms with Crippen molar-refractivity contribution in [2.75, 3.05) is 17.8 Å². The Hall–Kier alpha value is -3.66. The molecule has 2 aromatic carbocycles. The second-order valence-corrected chi connectivity index (χ2v) is 8.89. The van der Waals surface area contributed by atoms with E-state index >= 15 is 0 Å². The molecule has 0 saturated carbocycles. The van der Waals surface area contributed by atoms with E-state index in [1.54, 1.807) is 24.3 Å². The highest BCUT2D eigenvalue weighted by Gasteiger charge is 2.36. The van der Waals surface area contributed by atoms with Crippen molar-refractivity contribution in [2.24, 2.45) is 0 Å². The summed E-state index contributed by atoms with van der Waals surface area (Å²) in [7, 11) is 1.53. The number of anilines is 1. The molecule has 1 aromatic heterocycles. The lowest BCUT2D eigenvalue weighted by Crippen LogP contribution is -2.36. The average molecular weight is 495 g/mol. The molecule has 4 rings (SSSR count). The molecule has 1 unspecified atom stereocenters. The van der Waals surface area contributed by atoms with Gasteiger partial charge in [-0.1, -0.05) is 43.3 Å². The number of fused-ring (bicyclic) bond motifs is 3. The van der Waals surface area contributed by atoms with Crippen molar-refractivity contribution in [2.45, 2.75) is 45.0 Å². The first-order valence-electron chi connectivity index (χ1n) is 11.2. The van der Waals surface area contributed by atoms with Gasteiger partial charge in [-0.3, -0.25) is 14.5 Å². The standard InChI is InChI=1S/C25H26N4O5S/c1-5-6-13-35-25-26-23-22(27-28-25)18-9-7-8-10-20(18)29(15(2)30)24(34-23)19-14-17(32-4)11-12-21(19)33-16(3)31/h7-12,14,24H,5-6,13H2,1-4H3. The van der Waals surface area contributed by atoms with Crippen LogP contribution in [0.1, 0.15) is 45.4 Å². The number of carbonyl (C=O) groups is 2. The van der Waals surface area contributed by atoms with Gasteiger partial charge in [-0.25, -0.2) is 0 Å². The summed E-state index contributed by atoms with van der Waals surface area (Å²) in [6.45, 7) is 4.87. The Morgan fingerprint density at radius 1 is 1.14 bits per heavy atom. The fraction of sp³-hybridized carbons (Fsp3) is 0.320. The van der Waals surface area contributed by atoms with E-state index in [0.717, 1.165) is 18.6 Å². The fourth-order valence-corrected chi connectivity index (χ4v) is 4.58. The third-order valence-corrected chi connectivity index (χ3v) is 6.24. The number of ether oxygens (including phenoxy) is 3. The maximum atomic E-state index is 13.0. The first-order chi connectivity index (χ1) is 16.9. The highest BCUT2D eigenvalue weighted by atomic mass is 32.2. The van der Waals surface area contributed by atoms with Crippen LogP contribution < -0.4 is 19.1 Å². The number of hydrogen-bond donors (Lipinski definition) is 0. The zero-order chi connectivity index (χ0) is 24.9. The summed E-state index contributed by atoms with van der Waals surface area (Å²) in [5, 5.41) is 9.19. The smallest absolute Gasteiger partial charge is 0.308 e. The van der Waals surface area contributed by atoms with Crippen molar-refractivity contribution in [3.05, 3.63) is 48.0 Å². The summed E-state index contributed by atoms with van der Waals surface area (Å²) in [5.74, 6) is 1.06. The minimum Gasteiger partial charge on any atom is -0.497 e. The predicted molar refractivity (Wildman–Crippen MR) is 132 cm³/mol. The lowest BCUT2D eigenvalue weighted by atomic mass is 10.1. The molecule has 3 aromatic rings. The molecule has 0 radical (unpaired) electrons. The quantitative estimate of drug-likeness (QED) is 0.198. The Morgan fingerprint density at radius 3 is 2.66 bits per heavy atom. The van der Waals surface area contributed by atoms with Crippen molar-refractivity contribution in [3.63, 3.8) is 0 Å². The summed E-state index contributed by atoms with van der Waals surface area (Å²) in [6.07, 6.45) is 1.06. The minimum absolute atomic E-state index is 0.233. The number of esters is 1.